The molecule has 0 atom stereocenters. The quantitative estimate of drug-likeness (QED) is 0.839. The van der Waals surface area contributed by atoms with Gasteiger partial charge in [0.1, 0.15) is 4.75 Å². The highest BCUT2D eigenvalue weighted by molar-refractivity contribution is 8.00. The number of carboxylic acids is 1. The van der Waals surface area contributed by atoms with E-state index in [0.29, 0.717) is 11.3 Å². The van der Waals surface area contributed by atoms with Crippen LogP contribution < -0.4 is 5.73 Å². The number of aliphatic carboxylic acids is 1. The van der Waals surface area contributed by atoms with E-state index in [2.05, 4.69) is 0 Å². The topological polar surface area (TPSA) is 80.4 Å². The maximum Gasteiger partial charge on any atom is 0.319 e. The van der Waals surface area contributed by atoms with Gasteiger partial charge in [-0.25, -0.2) is 0 Å². The summed E-state index contributed by atoms with van der Waals surface area (Å²) >= 11 is 1.31. The molecule has 0 aliphatic heterocycles. The Morgan fingerprint density at radius 3 is 2.59 bits per heavy atom. The van der Waals surface area contributed by atoms with E-state index in [9.17, 15) is 9.59 Å². The summed E-state index contributed by atoms with van der Waals surface area (Å²) in [7, 11) is 0. The Hall–Kier alpha value is -1.49. The number of amides is 1. The van der Waals surface area contributed by atoms with Crippen molar-refractivity contribution in [2.75, 3.05) is 0 Å². The van der Waals surface area contributed by atoms with Gasteiger partial charge < -0.3 is 10.8 Å². The number of hydrogen-bond donors (Lipinski definition) is 2. The molecular formula is C12H15NO3S. The zero-order valence-corrected chi connectivity index (χ0v) is 10.6. The highest BCUT2D eigenvalue weighted by Gasteiger charge is 2.27. The fraction of sp³-hybridized carbons (Fsp3) is 0.333. The molecule has 1 amide bonds. The third-order valence-electron chi connectivity index (χ3n) is 2.33. The number of rotatable bonds is 5. The van der Waals surface area contributed by atoms with Crippen LogP contribution >= 0.6 is 11.8 Å². The number of thioether (sulfide) groups is 1. The molecule has 0 aromatic heterocycles. The van der Waals surface area contributed by atoms with Crippen molar-refractivity contribution in [2.24, 2.45) is 5.73 Å². The number of carbonyl (C=O) groups excluding carboxylic acids is 1. The first kappa shape index (κ1) is 13.6. The molecule has 0 radical (unpaired) electrons. The summed E-state index contributed by atoms with van der Waals surface area (Å²) in [5.41, 5.74) is 6.50. The molecule has 92 valence electrons. The van der Waals surface area contributed by atoms with E-state index in [1.807, 2.05) is 6.07 Å². The third-order valence-corrected chi connectivity index (χ3v) is 3.70. The highest BCUT2D eigenvalue weighted by atomic mass is 32.2. The van der Waals surface area contributed by atoms with Crippen molar-refractivity contribution in [1.29, 1.82) is 0 Å². The smallest absolute Gasteiger partial charge is 0.319 e. The monoisotopic (exact) mass is 253 g/mol. The van der Waals surface area contributed by atoms with Gasteiger partial charge in [0, 0.05) is 11.3 Å². The molecule has 0 bridgehead atoms. The van der Waals surface area contributed by atoms with Crippen LogP contribution in [0.5, 0.6) is 0 Å². The molecule has 0 unspecified atom stereocenters. The average molecular weight is 253 g/mol. The Morgan fingerprint density at radius 1 is 1.41 bits per heavy atom. The van der Waals surface area contributed by atoms with Gasteiger partial charge >= 0.3 is 5.97 Å². The number of carbonyl (C=O) groups is 2. The predicted octanol–water partition coefficient (Wildman–Crippen LogP) is 1.88. The molecule has 0 fully saturated rings. The van der Waals surface area contributed by atoms with E-state index in [-0.39, 0.29) is 0 Å². The Labute approximate surface area is 104 Å². The molecule has 0 aliphatic rings. The maximum atomic E-state index is 11.0. The van der Waals surface area contributed by atoms with E-state index in [4.69, 9.17) is 10.8 Å². The summed E-state index contributed by atoms with van der Waals surface area (Å²) in [6.07, 6.45) is 0. The first-order valence-corrected chi connectivity index (χ1v) is 6.07. The molecule has 1 rings (SSSR count). The van der Waals surface area contributed by atoms with Gasteiger partial charge in [-0.2, -0.15) is 0 Å². The fourth-order valence-corrected chi connectivity index (χ4v) is 1.97. The molecule has 5 heteroatoms. The maximum absolute atomic E-state index is 11.0. The van der Waals surface area contributed by atoms with E-state index in [0.717, 1.165) is 5.56 Å². The Kier molecular flexibility index (Phi) is 4.17. The predicted molar refractivity (Wildman–Crippen MR) is 68.0 cm³/mol. The summed E-state index contributed by atoms with van der Waals surface area (Å²) in [5, 5.41) is 8.97. The normalized spacial score (nSPS) is 11.2. The van der Waals surface area contributed by atoms with Crippen LogP contribution in [-0.2, 0) is 10.5 Å². The molecule has 1 aromatic carbocycles. The van der Waals surface area contributed by atoms with Gasteiger partial charge in [-0.1, -0.05) is 12.1 Å². The molecular weight excluding hydrogens is 238 g/mol. The van der Waals surface area contributed by atoms with Gasteiger partial charge in [-0.15, -0.1) is 11.8 Å². The SMILES string of the molecule is CC(C)(SCc1cccc(C(N)=O)c1)C(=O)O. The summed E-state index contributed by atoms with van der Waals surface area (Å²) in [4.78, 5) is 21.9. The molecule has 0 heterocycles. The van der Waals surface area contributed by atoms with Gasteiger partial charge in [-0.05, 0) is 31.5 Å². The molecule has 0 saturated carbocycles. The lowest BCUT2D eigenvalue weighted by Crippen LogP contribution is -2.27. The first-order valence-electron chi connectivity index (χ1n) is 5.09. The largest absolute Gasteiger partial charge is 0.480 e. The Morgan fingerprint density at radius 2 is 2.06 bits per heavy atom. The molecule has 1 aromatic rings. The first-order chi connectivity index (χ1) is 7.83. The van der Waals surface area contributed by atoms with Gasteiger partial charge in [-0.3, -0.25) is 9.59 Å². The minimum Gasteiger partial charge on any atom is -0.480 e. The van der Waals surface area contributed by atoms with Crippen molar-refractivity contribution >= 4 is 23.6 Å². The van der Waals surface area contributed by atoms with E-state index in [1.54, 1.807) is 32.0 Å². The number of primary amides is 1. The summed E-state index contributed by atoms with van der Waals surface area (Å²) in [6, 6.07) is 6.91. The van der Waals surface area contributed by atoms with Crippen LogP contribution in [0.4, 0.5) is 0 Å². The van der Waals surface area contributed by atoms with Crippen molar-refractivity contribution in [3.63, 3.8) is 0 Å². The minimum absolute atomic E-state index is 0.441. The van der Waals surface area contributed by atoms with Crippen molar-refractivity contribution in [2.45, 2.75) is 24.3 Å². The number of benzene rings is 1. The van der Waals surface area contributed by atoms with Crippen molar-refractivity contribution in [3.05, 3.63) is 35.4 Å². The lowest BCUT2D eigenvalue weighted by molar-refractivity contribution is -0.138. The van der Waals surface area contributed by atoms with Crippen LogP contribution in [0.25, 0.3) is 0 Å². The average Bonchev–Trinajstić information content (AvgIpc) is 2.26. The van der Waals surface area contributed by atoms with E-state index in [1.165, 1.54) is 11.8 Å². The van der Waals surface area contributed by atoms with Crippen molar-refractivity contribution in [1.82, 2.24) is 0 Å². The van der Waals surface area contributed by atoms with Gasteiger partial charge in [0.2, 0.25) is 5.91 Å². The fourth-order valence-electron chi connectivity index (χ4n) is 1.14. The molecule has 0 aliphatic carbocycles. The van der Waals surface area contributed by atoms with Gasteiger partial charge in [0.05, 0.1) is 0 Å². The van der Waals surface area contributed by atoms with Crippen LogP contribution in [0.3, 0.4) is 0 Å². The van der Waals surface area contributed by atoms with Crippen molar-refractivity contribution < 1.29 is 14.7 Å². The van der Waals surface area contributed by atoms with Crippen LogP contribution in [0.1, 0.15) is 29.8 Å². The Balaban J connectivity index is 2.73. The molecule has 0 saturated heterocycles. The van der Waals surface area contributed by atoms with Crippen LogP contribution in [0.2, 0.25) is 0 Å². The molecule has 0 spiro atoms. The third kappa shape index (κ3) is 3.78. The zero-order valence-electron chi connectivity index (χ0n) is 9.77. The Bertz CT molecular complexity index is 443. The summed E-state index contributed by atoms with van der Waals surface area (Å²) < 4.78 is -0.845. The van der Waals surface area contributed by atoms with Gasteiger partial charge in [0.15, 0.2) is 0 Å². The second-order valence-electron chi connectivity index (χ2n) is 4.17. The second kappa shape index (κ2) is 5.23. The zero-order chi connectivity index (χ0) is 13.1. The minimum atomic E-state index is -0.853. The number of hydrogen-bond acceptors (Lipinski definition) is 3. The highest BCUT2D eigenvalue weighted by Crippen LogP contribution is 2.28. The van der Waals surface area contributed by atoms with Crippen molar-refractivity contribution in [3.8, 4) is 0 Å². The molecule has 3 N–H and O–H groups in total. The van der Waals surface area contributed by atoms with E-state index >= 15 is 0 Å². The van der Waals surface area contributed by atoms with Gasteiger partial charge in [0.25, 0.3) is 0 Å². The standard InChI is InChI=1S/C12H15NO3S/c1-12(2,11(15)16)17-7-8-4-3-5-9(6-8)10(13)14/h3-6H,7H2,1-2H3,(H2,13,14)(H,15,16). The number of nitrogens with two attached hydrogens (primary N) is 1. The van der Waals surface area contributed by atoms with E-state index < -0.39 is 16.6 Å². The number of carboxylic acid groups (broad SMARTS) is 1. The van der Waals surface area contributed by atoms with Crippen LogP contribution in [0.15, 0.2) is 24.3 Å². The summed E-state index contributed by atoms with van der Waals surface area (Å²) in [5.74, 6) is -0.802. The molecule has 4 nitrogen and oxygen atoms in total. The lowest BCUT2D eigenvalue weighted by Gasteiger charge is -2.18. The summed E-state index contributed by atoms with van der Waals surface area (Å²) in [6.45, 7) is 3.30. The molecule has 17 heavy (non-hydrogen) atoms. The second-order valence-corrected chi connectivity index (χ2v) is 5.77. The van der Waals surface area contributed by atoms with Crippen LogP contribution in [-0.4, -0.2) is 21.7 Å². The van der Waals surface area contributed by atoms with Crippen LogP contribution in [0, 0.1) is 0 Å². The lowest BCUT2D eigenvalue weighted by atomic mass is 10.1.